The van der Waals surface area contributed by atoms with E-state index in [1.54, 1.807) is 11.6 Å². The molecule has 1 heterocycles. The molecule has 0 spiro atoms. The molecule has 5 nitrogen and oxygen atoms in total. The first-order valence-electron chi connectivity index (χ1n) is 5.46. The molecule has 98 valence electrons. The number of hydrogen-bond acceptors (Lipinski definition) is 4. The van der Waals surface area contributed by atoms with Gasteiger partial charge in [-0.3, -0.25) is 0 Å². The third-order valence-corrected chi connectivity index (χ3v) is 2.35. The Kier molecular flexibility index (Phi) is 4.28. The van der Waals surface area contributed by atoms with Crippen LogP contribution >= 0.6 is 0 Å². The number of nitrogens with zero attached hydrogens (tertiary/aromatic N) is 2. The highest BCUT2D eigenvalue weighted by atomic mass is 19.3. The lowest BCUT2D eigenvalue weighted by Gasteiger charge is -2.16. The summed E-state index contributed by atoms with van der Waals surface area (Å²) >= 11 is 0. The molecule has 0 amide bonds. The van der Waals surface area contributed by atoms with Gasteiger partial charge in [0.1, 0.15) is 12.4 Å². The van der Waals surface area contributed by atoms with Crippen LogP contribution in [0.5, 0.6) is 0 Å². The number of nitrogen functional groups attached to an aromatic ring is 1. The van der Waals surface area contributed by atoms with Gasteiger partial charge in [-0.15, -0.1) is 0 Å². The maximum absolute atomic E-state index is 12.9. The Labute approximate surface area is 98.6 Å². The topological polar surface area (TPSA) is 76.1 Å². The average Bonchev–Trinajstić information content (AvgIpc) is 2.53. The number of aliphatic hydroxyl groups excluding tert-OH is 1. The summed E-state index contributed by atoms with van der Waals surface area (Å²) in [5.41, 5.74) is 6.72. The van der Waals surface area contributed by atoms with Crippen LogP contribution in [-0.2, 0) is 6.54 Å². The van der Waals surface area contributed by atoms with Crippen molar-refractivity contribution in [3.63, 3.8) is 0 Å². The Balaban J connectivity index is 2.82. The van der Waals surface area contributed by atoms with Crippen LogP contribution in [0.1, 0.15) is 19.0 Å². The van der Waals surface area contributed by atoms with Gasteiger partial charge in [0.25, 0.3) is 5.92 Å². The molecule has 17 heavy (non-hydrogen) atoms. The molecule has 0 unspecified atom stereocenters. The molecular weight excluding hydrogens is 230 g/mol. The van der Waals surface area contributed by atoms with Crippen molar-refractivity contribution in [1.82, 2.24) is 9.78 Å². The Morgan fingerprint density at radius 3 is 2.71 bits per heavy atom. The van der Waals surface area contributed by atoms with Gasteiger partial charge in [0.05, 0.1) is 17.9 Å². The highest BCUT2D eigenvalue weighted by molar-refractivity contribution is 5.64. The number of nitrogens with two attached hydrogens (primary N) is 1. The highest BCUT2D eigenvalue weighted by Crippen LogP contribution is 2.24. The van der Waals surface area contributed by atoms with Crippen molar-refractivity contribution < 1.29 is 13.9 Å². The first-order chi connectivity index (χ1) is 7.91. The Morgan fingerprint density at radius 1 is 1.53 bits per heavy atom. The summed E-state index contributed by atoms with van der Waals surface area (Å²) in [6.07, 6.45) is 0.825. The van der Waals surface area contributed by atoms with Crippen molar-refractivity contribution in [1.29, 1.82) is 0 Å². The SMILES string of the molecule is CCCn1nc(C)c(N)c1NCC(F)(F)CO. The van der Waals surface area contributed by atoms with E-state index in [-0.39, 0.29) is 0 Å². The molecule has 1 rings (SSSR count). The van der Waals surface area contributed by atoms with Gasteiger partial charge >= 0.3 is 0 Å². The molecule has 0 radical (unpaired) electrons. The zero-order chi connectivity index (χ0) is 13.1. The molecule has 0 fully saturated rings. The summed E-state index contributed by atoms with van der Waals surface area (Å²) in [7, 11) is 0. The second-order valence-electron chi connectivity index (χ2n) is 3.94. The fourth-order valence-corrected chi connectivity index (χ4v) is 1.42. The smallest absolute Gasteiger partial charge is 0.287 e. The summed E-state index contributed by atoms with van der Waals surface area (Å²) < 4.78 is 27.4. The number of nitrogens with one attached hydrogen (secondary N) is 1. The van der Waals surface area contributed by atoms with E-state index in [1.165, 1.54) is 0 Å². The van der Waals surface area contributed by atoms with Gasteiger partial charge in [-0.2, -0.15) is 5.10 Å². The summed E-state index contributed by atoms with van der Waals surface area (Å²) in [5.74, 6) is -2.78. The number of aromatic nitrogens is 2. The molecule has 0 saturated heterocycles. The Hall–Kier alpha value is -1.37. The third kappa shape index (κ3) is 3.29. The number of anilines is 2. The van der Waals surface area contributed by atoms with Gasteiger partial charge in [0.2, 0.25) is 0 Å². The molecule has 1 aromatic rings. The lowest BCUT2D eigenvalue weighted by Crippen LogP contribution is -2.31. The fraction of sp³-hybridized carbons (Fsp3) is 0.700. The lowest BCUT2D eigenvalue weighted by molar-refractivity contribution is -0.0373. The number of aliphatic hydroxyl groups is 1. The monoisotopic (exact) mass is 248 g/mol. The lowest BCUT2D eigenvalue weighted by atomic mass is 10.3. The van der Waals surface area contributed by atoms with Crippen LogP contribution in [0, 0.1) is 6.92 Å². The van der Waals surface area contributed by atoms with Crippen molar-refractivity contribution in [2.45, 2.75) is 32.7 Å². The van der Waals surface area contributed by atoms with Crippen LogP contribution in [0.25, 0.3) is 0 Å². The van der Waals surface area contributed by atoms with E-state index in [4.69, 9.17) is 10.8 Å². The minimum absolute atomic E-state index is 0.368. The molecular formula is C10H18F2N4O. The number of rotatable bonds is 6. The van der Waals surface area contributed by atoms with Gasteiger partial charge in [0, 0.05) is 6.54 Å². The van der Waals surface area contributed by atoms with Gasteiger partial charge < -0.3 is 16.2 Å². The second kappa shape index (κ2) is 5.31. The maximum Gasteiger partial charge on any atom is 0.287 e. The standard InChI is InChI=1S/C10H18F2N4O/c1-3-4-16-9(8(13)7(2)15-16)14-5-10(11,12)6-17/h14,17H,3-6,13H2,1-2H3. The first kappa shape index (κ1) is 13.7. The molecule has 0 aromatic carbocycles. The molecule has 1 aromatic heterocycles. The second-order valence-corrected chi connectivity index (χ2v) is 3.94. The molecule has 0 bridgehead atoms. The molecule has 0 atom stereocenters. The van der Waals surface area contributed by atoms with Gasteiger partial charge in [-0.1, -0.05) is 6.92 Å². The van der Waals surface area contributed by atoms with Gasteiger partial charge in [-0.05, 0) is 13.3 Å². The minimum Gasteiger partial charge on any atom is -0.394 e. The number of halogens is 2. The summed E-state index contributed by atoms with van der Waals surface area (Å²) in [6.45, 7) is 2.42. The minimum atomic E-state index is -3.17. The van der Waals surface area contributed by atoms with Gasteiger partial charge in [-0.25, -0.2) is 13.5 Å². The van der Waals surface area contributed by atoms with E-state index in [2.05, 4.69) is 10.4 Å². The largest absolute Gasteiger partial charge is 0.394 e. The van der Waals surface area contributed by atoms with Crippen molar-refractivity contribution >= 4 is 11.5 Å². The predicted octanol–water partition coefficient (Wildman–Crippen LogP) is 1.22. The normalized spacial score (nSPS) is 11.8. The zero-order valence-corrected chi connectivity index (χ0v) is 10.0. The maximum atomic E-state index is 12.9. The van der Waals surface area contributed by atoms with E-state index in [9.17, 15) is 8.78 Å². The van der Waals surface area contributed by atoms with Gasteiger partial charge in [0.15, 0.2) is 0 Å². The van der Waals surface area contributed by atoms with Crippen molar-refractivity contribution in [3.05, 3.63) is 5.69 Å². The highest BCUT2D eigenvalue weighted by Gasteiger charge is 2.28. The van der Waals surface area contributed by atoms with E-state index in [0.717, 1.165) is 6.42 Å². The van der Waals surface area contributed by atoms with Crippen LogP contribution in [0.15, 0.2) is 0 Å². The van der Waals surface area contributed by atoms with Crippen molar-refractivity contribution in [2.75, 3.05) is 24.2 Å². The van der Waals surface area contributed by atoms with Crippen LogP contribution < -0.4 is 11.1 Å². The summed E-state index contributed by atoms with van der Waals surface area (Å²) in [5, 5.41) is 15.2. The average molecular weight is 248 g/mol. The van der Waals surface area contributed by atoms with E-state index < -0.39 is 19.1 Å². The van der Waals surface area contributed by atoms with Crippen LogP contribution in [0.4, 0.5) is 20.3 Å². The number of aryl methyl sites for hydroxylation is 2. The Morgan fingerprint density at radius 2 is 2.18 bits per heavy atom. The van der Waals surface area contributed by atoms with E-state index >= 15 is 0 Å². The third-order valence-electron chi connectivity index (χ3n) is 2.35. The number of hydrogen-bond donors (Lipinski definition) is 3. The van der Waals surface area contributed by atoms with Crippen molar-refractivity contribution in [3.8, 4) is 0 Å². The first-order valence-corrected chi connectivity index (χ1v) is 5.46. The molecule has 0 aliphatic rings. The van der Waals surface area contributed by atoms with Crippen molar-refractivity contribution in [2.24, 2.45) is 0 Å². The Bertz CT molecular complexity index is 379. The summed E-state index contributed by atoms with van der Waals surface area (Å²) in [4.78, 5) is 0. The van der Waals surface area contributed by atoms with Crippen LogP contribution in [-0.4, -0.2) is 34.0 Å². The molecule has 4 N–H and O–H groups in total. The zero-order valence-electron chi connectivity index (χ0n) is 10.0. The fourth-order valence-electron chi connectivity index (χ4n) is 1.42. The van der Waals surface area contributed by atoms with E-state index in [1.807, 2.05) is 6.92 Å². The van der Waals surface area contributed by atoms with Crippen LogP contribution in [0.2, 0.25) is 0 Å². The molecule has 0 saturated carbocycles. The molecule has 0 aliphatic carbocycles. The molecule has 7 heteroatoms. The van der Waals surface area contributed by atoms with E-state index in [0.29, 0.717) is 23.7 Å². The predicted molar refractivity (Wildman–Crippen MR) is 62.2 cm³/mol. The van der Waals surface area contributed by atoms with Crippen LogP contribution in [0.3, 0.4) is 0 Å². The number of alkyl halides is 2. The summed E-state index contributed by atoms with van der Waals surface area (Å²) in [6, 6.07) is 0. The quantitative estimate of drug-likeness (QED) is 0.707. The molecule has 0 aliphatic heterocycles.